The van der Waals surface area contributed by atoms with Crippen LogP contribution in [0.3, 0.4) is 0 Å². The van der Waals surface area contributed by atoms with Crippen LogP contribution in [0.4, 0.5) is 0 Å². The Kier molecular flexibility index (Phi) is 3.72. The third-order valence-corrected chi connectivity index (χ3v) is 2.22. The van der Waals surface area contributed by atoms with Crippen LogP contribution in [0.25, 0.3) is 0 Å². The van der Waals surface area contributed by atoms with Gasteiger partial charge in [-0.25, -0.2) is 0 Å². The minimum atomic E-state index is -0.344. The zero-order valence-corrected chi connectivity index (χ0v) is 8.57. The Morgan fingerprint density at radius 1 is 1.43 bits per heavy atom. The molecule has 2 heteroatoms. The van der Waals surface area contributed by atoms with E-state index in [1.54, 1.807) is 0 Å². The molecule has 14 heavy (non-hydrogen) atoms. The summed E-state index contributed by atoms with van der Waals surface area (Å²) >= 11 is 0. The van der Waals surface area contributed by atoms with E-state index in [1.165, 1.54) is 11.8 Å². The van der Waals surface area contributed by atoms with Gasteiger partial charge in [-0.15, -0.1) is 0 Å². The van der Waals surface area contributed by atoms with Gasteiger partial charge in [-0.2, -0.15) is 0 Å². The first kappa shape index (κ1) is 10.8. The van der Waals surface area contributed by atoms with Crippen LogP contribution in [0.1, 0.15) is 12.5 Å². The van der Waals surface area contributed by atoms with Crippen molar-refractivity contribution in [3.63, 3.8) is 0 Å². The molecule has 0 amide bonds. The Morgan fingerprint density at radius 2 is 2.07 bits per heavy atom. The fourth-order valence-corrected chi connectivity index (χ4v) is 1.39. The van der Waals surface area contributed by atoms with Crippen molar-refractivity contribution in [3.05, 3.63) is 48.7 Å². The van der Waals surface area contributed by atoms with Crippen molar-refractivity contribution in [2.45, 2.75) is 18.9 Å². The summed E-state index contributed by atoms with van der Waals surface area (Å²) in [5, 5.41) is 0. The third kappa shape index (κ3) is 2.89. The predicted octanol–water partition coefficient (Wildman–Crippen LogP) is 2.11. The van der Waals surface area contributed by atoms with Crippen LogP contribution in [0, 0.1) is 0 Å². The zero-order valence-electron chi connectivity index (χ0n) is 8.57. The summed E-state index contributed by atoms with van der Waals surface area (Å²) in [5.74, 6) is 0. The lowest BCUT2D eigenvalue weighted by atomic mass is 9.96. The number of benzene rings is 1. The van der Waals surface area contributed by atoms with Gasteiger partial charge in [0, 0.05) is 13.0 Å². The number of nitrogens with two attached hydrogens (primary N) is 1. The number of hydrogen-bond donors (Lipinski definition) is 1. The Morgan fingerprint density at radius 3 is 2.57 bits per heavy atom. The summed E-state index contributed by atoms with van der Waals surface area (Å²) in [4.78, 5) is 0. The molecule has 0 aromatic heterocycles. The highest BCUT2D eigenvalue weighted by Crippen LogP contribution is 2.16. The highest BCUT2D eigenvalue weighted by Gasteiger charge is 2.23. The van der Waals surface area contributed by atoms with Crippen molar-refractivity contribution < 1.29 is 4.74 Å². The minimum absolute atomic E-state index is 0.344. The Hall–Kier alpha value is -1.28. The molecule has 2 nitrogen and oxygen atoms in total. The number of ether oxygens (including phenoxy) is 1. The molecular weight excluding hydrogens is 174 g/mol. The average Bonchev–Trinajstić information content (AvgIpc) is 2.20. The molecule has 0 aliphatic rings. The van der Waals surface area contributed by atoms with Gasteiger partial charge in [0.25, 0.3) is 0 Å². The molecule has 2 N–H and O–H groups in total. The first-order valence-corrected chi connectivity index (χ1v) is 4.73. The molecule has 1 rings (SSSR count). The summed E-state index contributed by atoms with van der Waals surface area (Å²) in [5.41, 5.74) is 6.55. The van der Waals surface area contributed by atoms with Crippen molar-refractivity contribution in [3.8, 4) is 0 Å². The molecule has 0 radical (unpaired) electrons. The fraction of sp³-hybridized carbons (Fsp3) is 0.333. The Labute approximate surface area is 85.4 Å². The molecule has 0 saturated heterocycles. The minimum Gasteiger partial charge on any atom is -0.494 e. The molecule has 0 aliphatic heterocycles. The van der Waals surface area contributed by atoms with Crippen molar-refractivity contribution >= 4 is 0 Å². The number of rotatable bonds is 5. The van der Waals surface area contributed by atoms with Crippen LogP contribution in [0.5, 0.6) is 0 Å². The van der Waals surface area contributed by atoms with Gasteiger partial charge in [0.05, 0.1) is 6.26 Å². The van der Waals surface area contributed by atoms with Gasteiger partial charge in [-0.3, -0.25) is 0 Å². The topological polar surface area (TPSA) is 35.2 Å². The smallest absolute Gasteiger partial charge is 0.121 e. The molecule has 0 saturated carbocycles. The third-order valence-electron chi connectivity index (χ3n) is 2.22. The molecule has 0 fully saturated rings. The monoisotopic (exact) mass is 191 g/mol. The second-order valence-electron chi connectivity index (χ2n) is 3.60. The summed E-state index contributed by atoms with van der Waals surface area (Å²) < 4.78 is 5.42. The van der Waals surface area contributed by atoms with Crippen molar-refractivity contribution in [2.75, 3.05) is 6.54 Å². The molecule has 0 heterocycles. The molecule has 1 unspecified atom stereocenters. The van der Waals surface area contributed by atoms with Crippen LogP contribution < -0.4 is 5.73 Å². The van der Waals surface area contributed by atoms with Gasteiger partial charge in [-0.1, -0.05) is 36.9 Å². The molecule has 1 aromatic rings. The van der Waals surface area contributed by atoms with Gasteiger partial charge < -0.3 is 10.5 Å². The normalized spacial score (nSPS) is 14.4. The van der Waals surface area contributed by atoms with E-state index in [4.69, 9.17) is 10.5 Å². The summed E-state index contributed by atoms with van der Waals surface area (Å²) in [6.07, 6.45) is 2.26. The van der Waals surface area contributed by atoms with Gasteiger partial charge >= 0.3 is 0 Å². The average molecular weight is 191 g/mol. The molecule has 0 spiro atoms. The Bertz CT molecular complexity index is 284. The standard InChI is InChI=1S/C12H17NO/c1-3-14-12(2,10-13)9-11-7-5-4-6-8-11/h3-8H,1,9-10,13H2,2H3. The van der Waals surface area contributed by atoms with Crippen LogP contribution in [0.15, 0.2) is 43.2 Å². The van der Waals surface area contributed by atoms with Crippen molar-refractivity contribution in [2.24, 2.45) is 5.73 Å². The molecule has 1 aromatic carbocycles. The second kappa shape index (κ2) is 4.82. The van der Waals surface area contributed by atoms with Crippen LogP contribution in [0.2, 0.25) is 0 Å². The predicted molar refractivity (Wildman–Crippen MR) is 58.9 cm³/mol. The van der Waals surface area contributed by atoms with Crippen LogP contribution in [-0.4, -0.2) is 12.1 Å². The summed E-state index contributed by atoms with van der Waals surface area (Å²) in [6, 6.07) is 10.2. The maximum atomic E-state index is 5.67. The van der Waals surface area contributed by atoms with Crippen molar-refractivity contribution in [1.29, 1.82) is 0 Å². The van der Waals surface area contributed by atoms with Crippen LogP contribution >= 0.6 is 0 Å². The highest BCUT2D eigenvalue weighted by molar-refractivity contribution is 5.17. The van der Waals surface area contributed by atoms with E-state index < -0.39 is 0 Å². The highest BCUT2D eigenvalue weighted by atomic mass is 16.5. The van der Waals surface area contributed by atoms with E-state index in [9.17, 15) is 0 Å². The maximum Gasteiger partial charge on any atom is 0.121 e. The summed E-state index contributed by atoms with van der Waals surface area (Å²) in [7, 11) is 0. The largest absolute Gasteiger partial charge is 0.494 e. The van der Waals surface area contributed by atoms with E-state index >= 15 is 0 Å². The first-order chi connectivity index (χ1) is 6.70. The Balaban J connectivity index is 2.70. The molecule has 0 bridgehead atoms. The van der Waals surface area contributed by atoms with Gasteiger partial charge in [0.2, 0.25) is 0 Å². The lowest BCUT2D eigenvalue weighted by Crippen LogP contribution is -2.38. The van der Waals surface area contributed by atoms with Gasteiger partial charge in [0.15, 0.2) is 0 Å². The molecule has 1 atom stereocenters. The lowest BCUT2D eigenvalue weighted by molar-refractivity contribution is 0.0489. The second-order valence-corrected chi connectivity index (χ2v) is 3.60. The van der Waals surface area contributed by atoms with E-state index in [1.807, 2.05) is 25.1 Å². The quantitative estimate of drug-likeness (QED) is 0.723. The fourth-order valence-electron chi connectivity index (χ4n) is 1.39. The van der Waals surface area contributed by atoms with E-state index in [2.05, 4.69) is 18.7 Å². The molecule has 0 aliphatic carbocycles. The zero-order chi connectivity index (χ0) is 10.4. The molecular formula is C12H17NO. The maximum absolute atomic E-state index is 5.67. The van der Waals surface area contributed by atoms with E-state index in [0.29, 0.717) is 6.54 Å². The first-order valence-electron chi connectivity index (χ1n) is 4.73. The van der Waals surface area contributed by atoms with E-state index in [-0.39, 0.29) is 5.60 Å². The van der Waals surface area contributed by atoms with Crippen LogP contribution in [-0.2, 0) is 11.2 Å². The number of hydrogen-bond acceptors (Lipinski definition) is 2. The summed E-state index contributed by atoms with van der Waals surface area (Å²) in [6.45, 7) is 6.03. The van der Waals surface area contributed by atoms with E-state index in [0.717, 1.165) is 6.42 Å². The van der Waals surface area contributed by atoms with Crippen molar-refractivity contribution in [1.82, 2.24) is 0 Å². The SMILES string of the molecule is C=COC(C)(CN)Cc1ccccc1. The van der Waals surface area contributed by atoms with Gasteiger partial charge in [0.1, 0.15) is 5.60 Å². The lowest BCUT2D eigenvalue weighted by Gasteiger charge is -2.27. The van der Waals surface area contributed by atoms with Gasteiger partial charge in [-0.05, 0) is 12.5 Å². The molecule has 76 valence electrons.